The van der Waals surface area contributed by atoms with Crippen LogP contribution in [0, 0.1) is 5.92 Å². The first-order valence-electron chi connectivity index (χ1n) is 9.74. The molecule has 2 aromatic rings. The fourth-order valence-corrected chi connectivity index (χ4v) is 4.15. The Labute approximate surface area is 187 Å². The van der Waals surface area contributed by atoms with E-state index in [1.54, 1.807) is 12.0 Å². The highest BCUT2D eigenvalue weighted by molar-refractivity contribution is 8.27. The quantitative estimate of drug-likeness (QED) is 0.395. The number of thiocarbonyl (C=S) groups is 1. The molecule has 0 unspecified atom stereocenters. The standard InChI is InChI=1S/C23H25NO4S2/c1-5-27-18-9-7-17(8-10-18)24-22(25)21(30-23(24)29)13-16-6-11-19(20(12-16)26-4)28-14-15(2)3/h6-13,15H,5,14H2,1-4H3. The van der Waals surface area contributed by atoms with Gasteiger partial charge in [0, 0.05) is 0 Å². The molecule has 7 heteroatoms. The highest BCUT2D eigenvalue weighted by Crippen LogP contribution is 2.37. The zero-order valence-corrected chi connectivity index (χ0v) is 19.1. The van der Waals surface area contributed by atoms with Crippen LogP contribution in [0.4, 0.5) is 5.69 Å². The minimum absolute atomic E-state index is 0.145. The molecule has 158 valence electrons. The Morgan fingerprint density at radius 3 is 2.47 bits per heavy atom. The van der Waals surface area contributed by atoms with Gasteiger partial charge in [-0.15, -0.1) is 0 Å². The van der Waals surface area contributed by atoms with Crippen molar-refractivity contribution in [2.75, 3.05) is 25.2 Å². The largest absolute Gasteiger partial charge is 0.494 e. The molecule has 5 nitrogen and oxygen atoms in total. The number of benzene rings is 2. The normalized spacial score (nSPS) is 15.2. The second kappa shape index (κ2) is 10.00. The number of hydrogen-bond acceptors (Lipinski definition) is 6. The molecule has 1 aliphatic heterocycles. The summed E-state index contributed by atoms with van der Waals surface area (Å²) in [7, 11) is 1.60. The van der Waals surface area contributed by atoms with Gasteiger partial charge in [0.25, 0.3) is 5.91 Å². The van der Waals surface area contributed by atoms with Gasteiger partial charge in [0.15, 0.2) is 15.8 Å². The van der Waals surface area contributed by atoms with E-state index < -0.39 is 0 Å². The molecule has 0 aromatic heterocycles. The second-order valence-electron chi connectivity index (χ2n) is 7.06. The average Bonchev–Trinajstić information content (AvgIpc) is 3.00. The van der Waals surface area contributed by atoms with Gasteiger partial charge in [-0.05, 0) is 60.9 Å². The highest BCUT2D eigenvalue weighted by Gasteiger charge is 2.33. The van der Waals surface area contributed by atoms with Gasteiger partial charge >= 0.3 is 0 Å². The summed E-state index contributed by atoms with van der Waals surface area (Å²) >= 11 is 6.74. The molecule has 1 aliphatic rings. The zero-order valence-electron chi connectivity index (χ0n) is 17.5. The third-order valence-corrected chi connectivity index (χ3v) is 5.56. The number of anilines is 1. The summed E-state index contributed by atoms with van der Waals surface area (Å²) in [6, 6.07) is 13.0. The number of nitrogens with zero attached hydrogens (tertiary/aromatic N) is 1. The Morgan fingerprint density at radius 2 is 1.83 bits per heavy atom. The predicted molar refractivity (Wildman–Crippen MR) is 127 cm³/mol. The molecule has 1 saturated heterocycles. The number of thioether (sulfide) groups is 1. The predicted octanol–water partition coefficient (Wildman–Crippen LogP) is 5.53. The fourth-order valence-electron chi connectivity index (χ4n) is 2.85. The maximum Gasteiger partial charge on any atom is 0.270 e. The zero-order chi connectivity index (χ0) is 21.7. The van der Waals surface area contributed by atoms with E-state index in [-0.39, 0.29) is 5.91 Å². The SMILES string of the molecule is CCOc1ccc(N2C(=O)C(=Cc3ccc(OCC(C)C)c(OC)c3)SC2=S)cc1. The van der Waals surface area contributed by atoms with Gasteiger partial charge in [-0.2, -0.15) is 0 Å². The van der Waals surface area contributed by atoms with Crippen LogP contribution in [0.3, 0.4) is 0 Å². The smallest absolute Gasteiger partial charge is 0.270 e. The van der Waals surface area contributed by atoms with Crippen molar-refractivity contribution in [2.45, 2.75) is 20.8 Å². The number of carbonyl (C=O) groups is 1. The van der Waals surface area contributed by atoms with Gasteiger partial charge in [-0.1, -0.05) is 43.9 Å². The van der Waals surface area contributed by atoms with Crippen molar-refractivity contribution >= 4 is 46.0 Å². The van der Waals surface area contributed by atoms with Crippen LogP contribution in [0.5, 0.6) is 17.2 Å². The van der Waals surface area contributed by atoms with Crippen molar-refractivity contribution in [3.05, 3.63) is 52.9 Å². The van der Waals surface area contributed by atoms with E-state index in [9.17, 15) is 4.79 Å². The molecule has 1 amide bonds. The van der Waals surface area contributed by atoms with Crippen molar-refractivity contribution in [2.24, 2.45) is 5.92 Å². The van der Waals surface area contributed by atoms with Gasteiger partial charge in [0.2, 0.25) is 0 Å². The molecule has 1 heterocycles. The molecule has 0 spiro atoms. The van der Waals surface area contributed by atoms with Gasteiger partial charge in [0.05, 0.1) is 30.9 Å². The summed E-state index contributed by atoms with van der Waals surface area (Å²) in [5.41, 5.74) is 1.57. The lowest BCUT2D eigenvalue weighted by atomic mass is 10.1. The summed E-state index contributed by atoms with van der Waals surface area (Å²) in [5.74, 6) is 2.35. The first kappa shape index (κ1) is 22.2. The second-order valence-corrected chi connectivity index (χ2v) is 8.73. The Kier molecular flexibility index (Phi) is 7.39. The van der Waals surface area contributed by atoms with Crippen molar-refractivity contribution in [1.82, 2.24) is 0 Å². The average molecular weight is 444 g/mol. The summed E-state index contributed by atoms with van der Waals surface area (Å²) in [4.78, 5) is 15.1. The van der Waals surface area contributed by atoms with Crippen molar-refractivity contribution in [3.8, 4) is 17.2 Å². The number of hydrogen-bond donors (Lipinski definition) is 0. The number of amides is 1. The third kappa shape index (κ3) is 5.15. The molecule has 0 radical (unpaired) electrons. The first-order chi connectivity index (χ1) is 14.4. The maximum atomic E-state index is 13.0. The summed E-state index contributed by atoms with van der Waals surface area (Å²) < 4.78 is 17.2. The minimum atomic E-state index is -0.145. The Balaban J connectivity index is 1.81. The van der Waals surface area contributed by atoms with E-state index in [4.69, 9.17) is 26.4 Å². The molecular formula is C23H25NO4S2. The van der Waals surface area contributed by atoms with Crippen molar-refractivity contribution < 1.29 is 19.0 Å². The van der Waals surface area contributed by atoms with Crippen LogP contribution in [-0.2, 0) is 4.79 Å². The molecule has 0 aliphatic carbocycles. The van der Waals surface area contributed by atoms with E-state index in [0.29, 0.717) is 39.9 Å². The van der Waals surface area contributed by atoms with Gasteiger partial charge < -0.3 is 14.2 Å². The van der Waals surface area contributed by atoms with Crippen LogP contribution < -0.4 is 19.1 Å². The van der Waals surface area contributed by atoms with E-state index in [1.165, 1.54) is 11.8 Å². The van der Waals surface area contributed by atoms with E-state index >= 15 is 0 Å². The van der Waals surface area contributed by atoms with E-state index in [1.807, 2.05) is 55.5 Å². The molecular weight excluding hydrogens is 418 g/mol. The van der Waals surface area contributed by atoms with Crippen LogP contribution in [0.15, 0.2) is 47.4 Å². The lowest BCUT2D eigenvalue weighted by molar-refractivity contribution is -0.113. The molecule has 0 saturated carbocycles. The number of carbonyl (C=O) groups excluding carboxylic acids is 1. The lowest BCUT2D eigenvalue weighted by Gasteiger charge is -2.15. The van der Waals surface area contributed by atoms with Gasteiger partial charge in [0.1, 0.15) is 5.75 Å². The van der Waals surface area contributed by atoms with Crippen molar-refractivity contribution in [3.63, 3.8) is 0 Å². The Bertz CT molecular complexity index is 954. The van der Waals surface area contributed by atoms with Crippen LogP contribution in [0.1, 0.15) is 26.3 Å². The summed E-state index contributed by atoms with van der Waals surface area (Å²) in [6.07, 6.45) is 1.82. The summed E-state index contributed by atoms with van der Waals surface area (Å²) in [5, 5.41) is 0. The van der Waals surface area contributed by atoms with Crippen LogP contribution in [-0.4, -0.2) is 30.6 Å². The van der Waals surface area contributed by atoms with Crippen LogP contribution in [0.2, 0.25) is 0 Å². The third-order valence-electron chi connectivity index (χ3n) is 4.26. The molecule has 0 N–H and O–H groups in total. The van der Waals surface area contributed by atoms with Crippen LogP contribution in [0.25, 0.3) is 6.08 Å². The molecule has 3 rings (SSSR count). The van der Waals surface area contributed by atoms with Gasteiger partial charge in [-0.3, -0.25) is 9.69 Å². The first-order valence-corrected chi connectivity index (χ1v) is 11.0. The maximum absolute atomic E-state index is 13.0. The van der Waals surface area contributed by atoms with Crippen molar-refractivity contribution in [1.29, 1.82) is 0 Å². The molecule has 2 aromatic carbocycles. The molecule has 0 atom stereocenters. The van der Waals surface area contributed by atoms with E-state index in [0.717, 1.165) is 17.0 Å². The van der Waals surface area contributed by atoms with E-state index in [2.05, 4.69) is 13.8 Å². The lowest BCUT2D eigenvalue weighted by Crippen LogP contribution is -2.27. The fraction of sp³-hybridized carbons (Fsp3) is 0.304. The van der Waals surface area contributed by atoms with Gasteiger partial charge in [-0.25, -0.2) is 0 Å². The topological polar surface area (TPSA) is 48.0 Å². The van der Waals surface area contributed by atoms with Crippen LogP contribution >= 0.6 is 24.0 Å². The monoisotopic (exact) mass is 443 g/mol. The Morgan fingerprint density at radius 1 is 1.10 bits per heavy atom. The highest BCUT2D eigenvalue weighted by atomic mass is 32.2. The number of ether oxygens (including phenoxy) is 3. The molecule has 0 bridgehead atoms. The number of rotatable bonds is 8. The number of methoxy groups -OCH3 is 1. The Hall–Kier alpha value is -2.51. The summed E-state index contributed by atoms with van der Waals surface area (Å²) in [6.45, 7) is 7.31. The molecule has 30 heavy (non-hydrogen) atoms. The minimum Gasteiger partial charge on any atom is -0.494 e. The molecule has 1 fully saturated rings.